The summed E-state index contributed by atoms with van der Waals surface area (Å²) >= 11 is 9.51. The van der Waals surface area contributed by atoms with Crippen molar-refractivity contribution >= 4 is 33.2 Å². The smallest absolute Gasteiger partial charge is 0.0788 e. The van der Waals surface area contributed by atoms with E-state index in [1.54, 1.807) is 0 Å². The molecular formula is C12H17BrClNO. The first-order valence-electron chi connectivity index (χ1n) is 5.27. The van der Waals surface area contributed by atoms with Crippen LogP contribution < -0.4 is 5.32 Å². The summed E-state index contributed by atoms with van der Waals surface area (Å²) in [6, 6.07) is 3.83. The number of aliphatic hydroxyl groups is 1. The number of benzene rings is 1. The van der Waals surface area contributed by atoms with Gasteiger partial charge in [-0.2, -0.15) is 0 Å². The van der Waals surface area contributed by atoms with Crippen LogP contribution in [0.5, 0.6) is 0 Å². The van der Waals surface area contributed by atoms with Crippen LogP contribution in [0.15, 0.2) is 16.6 Å². The molecule has 2 nitrogen and oxygen atoms in total. The third-order valence-electron chi connectivity index (χ3n) is 2.67. The first-order chi connectivity index (χ1) is 7.35. The van der Waals surface area contributed by atoms with Gasteiger partial charge in [0.2, 0.25) is 0 Å². The van der Waals surface area contributed by atoms with Gasteiger partial charge in [-0.3, -0.25) is 0 Å². The molecule has 0 radical (unpaired) electrons. The molecule has 0 aliphatic heterocycles. The summed E-state index contributed by atoms with van der Waals surface area (Å²) in [4.78, 5) is 0. The van der Waals surface area contributed by atoms with E-state index < -0.39 is 5.60 Å². The Labute approximate surface area is 110 Å². The summed E-state index contributed by atoms with van der Waals surface area (Å²) in [5, 5.41) is 13.8. The maximum atomic E-state index is 9.89. The molecule has 2 N–H and O–H groups in total. The zero-order valence-electron chi connectivity index (χ0n) is 9.77. The van der Waals surface area contributed by atoms with Crippen molar-refractivity contribution in [1.29, 1.82) is 0 Å². The molecule has 0 spiro atoms. The van der Waals surface area contributed by atoms with Gasteiger partial charge in [0, 0.05) is 16.0 Å². The quantitative estimate of drug-likeness (QED) is 0.882. The van der Waals surface area contributed by atoms with E-state index in [0.717, 1.165) is 20.7 Å². The fourth-order valence-corrected chi connectivity index (χ4v) is 1.95. The van der Waals surface area contributed by atoms with Crippen LogP contribution in [0.3, 0.4) is 0 Å². The maximum Gasteiger partial charge on any atom is 0.0788 e. The largest absolute Gasteiger partial charge is 0.388 e. The molecule has 0 amide bonds. The van der Waals surface area contributed by atoms with Gasteiger partial charge in [0.05, 0.1) is 11.3 Å². The number of aryl methyl sites for hydroxylation is 1. The van der Waals surface area contributed by atoms with E-state index in [0.29, 0.717) is 13.0 Å². The zero-order chi connectivity index (χ0) is 12.3. The zero-order valence-corrected chi connectivity index (χ0v) is 12.1. The Morgan fingerprint density at radius 1 is 1.50 bits per heavy atom. The Morgan fingerprint density at radius 2 is 2.12 bits per heavy atom. The van der Waals surface area contributed by atoms with Crippen molar-refractivity contribution in [3.8, 4) is 0 Å². The predicted molar refractivity (Wildman–Crippen MR) is 73.3 cm³/mol. The van der Waals surface area contributed by atoms with Gasteiger partial charge < -0.3 is 10.4 Å². The molecule has 0 saturated heterocycles. The molecule has 16 heavy (non-hydrogen) atoms. The van der Waals surface area contributed by atoms with Crippen LogP contribution in [0.25, 0.3) is 0 Å². The highest BCUT2D eigenvalue weighted by atomic mass is 79.9. The lowest BCUT2D eigenvalue weighted by Crippen LogP contribution is -2.32. The second-order valence-corrected chi connectivity index (χ2v) is 5.55. The van der Waals surface area contributed by atoms with Gasteiger partial charge in [0.15, 0.2) is 0 Å². The van der Waals surface area contributed by atoms with Crippen LogP contribution in [-0.2, 0) is 0 Å². The number of hydrogen-bond acceptors (Lipinski definition) is 2. The molecule has 1 unspecified atom stereocenters. The molecule has 90 valence electrons. The van der Waals surface area contributed by atoms with Crippen molar-refractivity contribution in [1.82, 2.24) is 0 Å². The first kappa shape index (κ1) is 13.8. The SMILES string of the molecule is CCC(C)(O)CNc1cc(Cl)c(C)cc1Br. The Hall–Kier alpha value is -0.250. The van der Waals surface area contributed by atoms with Gasteiger partial charge in [0.25, 0.3) is 0 Å². The van der Waals surface area contributed by atoms with Gasteiger partial charge in [0.1, 0.15) is 0 Å². The third-order valence-corrected chi connectivity index (χ3v) is 3.73. The number of anilines is 1. The Morgan fingerprint density at radius 3 is 2.69 bits per heavy atom. The highest BCUT2D eigenvalue weighted by Crippen LogP contribution is 2.29. The van der Waals surface area contributed by atoms with Crippen molar-refractivity contribution in [3.05, 3.63) is 27.2 Å². The van der Waals surface area contributed by atoms with Crippen molar-refractivity contribution in [3.63, 3.8) is 0 Å². The predicted octanol–water partition coefficient (Wildman–Crippen LogP) is 3.98. The van der Waals surface area contributed by atoms with Crippen LogP contribution in [-0.4, -0.2) is 17.3 Å². The molecule has 0 heterocycles. The fourth-order valence-electron chi connectivity index (χ4n) is 1.19. The van der Waals surface area contributed by atoms with Gasteiger partial charge in [-0.25, -0.2) is 0 Å². The lowest BCUT2D eigenvalue weighted by molar-refractivity contribution is 0.0697. The van der Waals surface area contributed by atoms with E-state index in [2.05, 4.69) is 21.2 Å². The minimum absolute atomic E-state index is 0.501. The number of nitrogens with one attached hydrogen (secondary N) is 1. The van der Waals surface area contributed by atoms with Gasteiger partial charge in [-0.1, -0.05) is 18.5 Å². The van der Waals surface area contributed by atoms with E-state index in [-0.39, 0.29) is 0 Å². The maximum absolute atomic E-state index is 9.89. The number of hydrogen-bond donors (Lipinski definition) is 2. The van der Waals surface area contributed by atoms with E-state index in [9.17, 15) is 5.11 Å². The number of halogens is 2. The highest BCUT2D eigenvalue weighted by molar-refractivity contribution is 9.10. The average Bonchev–Trinajstić information content (AvgIpc) is 2.22. The van der Waals surface area contributed by atoms with Crippen molar-refractivity contribution in [2.75, 3.05) is 11.9 Å². The third kappa shape index (κ3) is 3.65. The van der Waals surface area contributed by atoms with Crippen LogP contribution in [0.1, 0.15) is 25.8 Å². The number of rotatable bonds is 4. The Kier molecular flexibility index (Phi) is 4.65. The fraction of sp³-hybridized carbons (Fsp3) is 0.500. The molecule has 4 heteroatoms. The minimum Gasteiger partial charge on any atom is -0.388 e. The average molecular weight is 307 g/mol. The van der Waals surface area contributed by atoms with E-state index >= 15 is 0 Å². The normalized spacial score (nSPS) is 14.6. The first-order valence-corrected chi connectivity index (χ1v) is 6.45. The van der Waals surface area contributed by atoms with Gasteiger partial charge in [-0.05, 0) is 53.9 Å². The van der Waals surface area contributed by atoms with Gasteiger partial charge in [-0.15, -0.1) is 0 Å². The van der Waals surface area contributed by atoms with Gasteiger partial charge >= 0.3 is 0 Å². The molecule has 0 aromatic heterocycles. The highest BCUT2D eigenvalue weighted by Gasteiger charge is 2.17. The monoisotopic (exact) mass is 305 g/mol. The molecule has 1 aromatic carbocycles. The molecule has 0 bridgehead atoms. The van der Waals surface area contributed by atoms with E-state index in [1.165, 1.54) is 0 Å². The molecule has 0 fully saturated rings. The van der Waals surface area contributed by atoms with Crippen LogP contribution in [0, 0.1) is 6.92 Å². The molecule has 1 rings (SSSR count). The lowest BCUT2D eigenvalue weighted by atomic mass is 10.0. The van der Waals surface area contributed by atoms with Crippen molar-refractivity contribution in [2.45, 2.75) is 32.8 Å². The van der Waals surface area contributed by atoms with Crippen LogP contribution in [0.4, 0.5) is 5.69 Å². The van der Waals surface area contributed by atoms with Crippen molar-refractivity contribution in [2.24, 2.45) is 0 Å². The van der Waals surface area contributed by atoms with E-state index in [1.807, 2.05) is 32.9 Å². The summed E-state index contributed by atoms with van der Waals surface area (Å²) in [5.74, 6) is 0. The molecule has 1 aromatic rings. The second-order valence-electron chi connectivity index (χ2n) is 4.29. The Bertz CT molecular complexity index is 380. The lowest BCUT2D eigenvalue weighted by Gasteiger charge is -2.23. The minimum atomic E-state index is -0.698. The molecule has 0 saturated carbocycles. The summed E-state index contributed by atoms with van der Waals surface area (Å²) in [6.07, 6.45) is 0.706. The topological polar surface area (TPSA) is 32.3 Å². The molecular weight excluding hydrogens is 289 g/mol. The summed E-state index contributed by atoms with van der Waals surface area (Å²) in [5.41, 5.74) is 1.24. The van der Waals surface area contributed by atoms with Crippen molar-refractivity contribution < 1.29 is 5.11 Å². The summed E-state index contributed by atoms with van der Waals surface area (Å²) in [6.45, 7) is 6.23. The van der Waals surface area contributed by atoms with E-state index in [4.69, 9.17) is 11.6 Å². The van der Waals surface area contributed by atoms with Crippen LogP contribution in [0.2, 0.25) is 5.02 Å². The molecule has 0 aliphatic carbocycles. The molecule has 1 atom stereocenters. The standard InChI is InChI=1S/C12H17BrClNO/c1-4-12(3,16)7-15-11-6-10(14)8(2)5-9(11)13/h5-6,15-16H,4,7H2,1-3H3. The Balaban J connectivity index is 2.79. The summed E-state index contributed by atoms with van der Waals surface area (Å²) in [7, 11) is 0. The second kappa shape index (κ2) is 5.39. The molecule has 0 aliphatic rings. The summed E-state index contributed by atoms with van der Waals surface area (Å²) < 4.78 is 0.960. The van der Waals surface area contributed by atoms with Crippen LogP contribution >= 0.6 is 27.5 Å².